The van der Waals surface area contributed by atoms with Gasteiger partial charge in [0.15, 0.2) is 14.6 Å². The number of aromatic nitrogens is 2. The molecule has 0 bridgehead atoms. The fraction of sp³-hybridized carbons (Fsp3) is 0.600. The van der Waals surface area contributed by atoms with E-state index in [4.69, 9.17) is 9.15 Å². The first-order valence-electron chi connectivity index (χ1n) is 9.62. The van der Waals surface area contributed by atoms with Crippen LogP contribution in [0.5, 0.6) is 0 Å². The van der Waals surface area contributed by atoms with Crippen molar-refractivity contribution in [2.45, 2.75) is 74.5 Å². The lowest BCUT2D eigenvalue weighted by Gasteiger charge is -2.26. The summed E-state index contributed by atoms with van der Waals surface area (Å²) < 4.78 is 38.0. The zero-order chi connectivity index (χ0) is 19.2. The van der Waals surface area contributed by atoms with Crippen LogP contribution in [0.25, 0.3) is 0 Å². The van der Waals surface area contributed by atoms with Crippen LogP contribution >= 0.6 is 0 Å². The minimum absolute atomic E-state index is 0.00783. The fourth-order valence-corrected chi connectivity index (χ4v) is 6.77. The van der Waals surface area contributed by atoms with Gasteiger partial charge in [-0.1, -0.05) is 25.0 Å². The van der Waals surface area contributed by atoms with Crippen LogP contribution in [0.15, 0.2) is 27.5 Å². The van der Waals surface area contributed by atoms with Gasteiger partial charge in [-0.15, -0.1) is 10.2 Å². The molecule has 2 atom stereocenters. The van der Waals surface area contributed by atoms with Crippen LogP contribution < -0.4 is 0 Å². The summed E-state index contributed by atoms with van der Waals surface area (Å²) in [5.74, 6) is 0.778. The smallest absolute Gasteiger partial charge is 0.238 e. The topological polar surface area (TPSA) is 82.3 Å². The van der Waals surface area contributed by atoms with Gasteiger partial charge in [-0.2, -0.15) is 0 Å². The molecule has 1 aliphatic heterocycles. The average molecular weight is 391 g/mol. The summed E-state index contributed by atoms with van der Waals surface area (Å²) in [6, 6.07) is 5.55. The standard InChI is InChI=1S/C20H26N2O4S/c1-13-6-7-14(2)17(12-13)27(23,24)20(9-4-5-10-20)19-22-21-18(26-19)16-8-11-25-15(16)3/h6-7,12,15-16H,4-5,8-11H2,1-3H3. The molecule has 146 valence electrons. The largest absolute Gasteiger partial charge is 0.423 e. The molecule has 2 heterocycles. The van der Waals surface area contributed by atoms with Crippen molar-refractivity contribution in [1.82, 2.24) is 10.2 Å². The predicted molar refractivity (Wildman–Crippen MR) is 100 cm³/mol. The first-order chi connectivity index (χ1) is 12.8. The SMILES string of the molecule is Cc1ccc(C)c(S(=O)(=O)C2(c3nnc(C4CCOC4C)o3)CCCC2)c1. The summed E-state index contributed by atoms with van der Waals surface area (Å²) in [5, 5.41) is 8.47. The van der Waals surface area contributed by atoms with Gasteiger partial charge in [0, 0.05) is 6.61 Å². The third-order valence-corrected chi connectivity index (χ3v) is 8.71. The second-order valence-electron chi connectivity index (χ2n) is 7.89. The maximum Gasteiger partial charge on any atom is 0.238 e. The van der Waals surface area contributed by atoms with Crippen LogP contribution in [0.1, 0.15) is 67.9 Å². The summed E-state index contributed by atoms with van der Waals surface area (Å²) >= 11 is 0. The number of nitrogens with zero attached hydrogens (tertiary/aromatic N) is 2. The van der Waals surface area contributed by atoms with Crippen LogP contribution in [0.4, 0.5) is 0 Å². The lowest BCUT2D eigenvalue weighted by molar-refractivity contribution is 0.114. The zero-order valence-electron chi connectivity index (χ0n) is 16.1. The lowest BCUT2D eigenvalue weighted by Crippen LogP contribution is -2.34. The zero-order valence-corrected chi connectivity index (χ0v) is 16.9. The van der Waals surface area contributed by atoms with Crippen molar-refractivity contribution in [1.29, 1.82) is 0 Å². The Bertz CT molecular complexity index is 945. The van der Waals surface area contributed by atoms with Crippen molar-refractivity contribution in [3.8, 4) is 0 Å². The molecule has 2 aliphatic rings. The summed E-state index contributed by atoms with van der Waals surface area (Å²) in [5.41, 5.74) is 1.68. The highest BCUT2D eigenvalue weighted by molar-refractivity contribution is 7.92. The van der Waals surface area contributed by atoms with Gasteiger partial charge in [0.05, 0.1) is 16.9 Å². The molecule has 2 fully saturated rings. The van der Waals surface area contributed by atoms with Crippen molar-refractivity contribution in [2.24, 2.45) is 0 Å². The molecule has 1 saturated carbocycles. The van der Waals surface area contributed by atoms with Gasteiger partial charge in [0.2, 0.25) is 11.8 Å². The van der Waals surface area contributed by atoms with Crippen molar-refractivity contribution in [3.63, 3.8) is 0 Å². The number of rotatable bonds is 4. The Balaban J connectivity index is 1.80. The van der Waals surface area contributed by atoms with E-state index in [1.54, 1.807) is 6.07 Å². The van der Waals surface area contributed by atoms with Gasteiger partial charge in [-0.25, -0.2) is 8.42 Å². The maximum atomic E-state index is 13.8. The van der Waals surface area contributed by atoms with Gasteiger partial charge in [0.1, 0.15) is 0 Å². The Morgan fingerprint density at radius 3 is 2.56 bits per heavy atom. The van der Waals surface area contributed by atoms with E-state index in [1.807, 2.05) is 32.9 Å². The molecule has 0 N–H and O–H groups in total. The number of sulfone groups is 1. The monoisotopic (exact) mass is 390 g/mol. The van der Waals surface area contributed by atoms with E-state index in [9.17, 15) is 8.42 Å². The summed E-state index contributed by atoms with van der Waals surface area (Å²) in [7, 11) is -3.66. The normalized spacial score (nSPS) is 25.1. The number of benzene rings is 1. The third-order valence-electron chi connectivity index (χ3n) is 6.08. The molecule has 6 nitrogen and oxygen atoms in total. The van der Waals surface area contributed by atoms with E-state index in [2.05, 4.69) is 10.2 Å². The summed E-state index contributed by atoms with van der Waals surface area (Å²) in [6.07, 6.45) is 3.53. The minimum Gasteiger partial charge on any atom is -0.423 e. The highest BCUT2D eigenvalue weighted by Crippen LogP contribution is 2.49. The van der Waals surface area contributed by atoms with Crippen LogP contribution in [-0.4, -0.2) is 31.3 Å². The Labute approximate surface area is 160 Å². The quantitative estimate of drug-likeness (QED) is 0.789. The number of hydrogen-bond acceptors (Lipinski definition) is 6. The second kappa shape index (κ2) is 6.71. The number of hydrogen-bond donors (Lipinski definition) is 0. The Morgan fingerprint density at radius 2 is 1.89 bits per heavy atom. The van der Waals surface area contributed by atoms with Gasteiger partial charge in [-0.05, 0) is 57.2 Å². The van der Waals surface area contributed by atoms with E-state index >= 15 is 0 Å². The highest BCUT2D eigenvalue weighted by atomic mass is 32.2. The third kappa shape index (κ3) is 2.91. The first-order valence-corrected chi connectivity index (χ1v) is 11.1. The van der Waals surface area contributed by atoms with Crippen molar-refractivity contribution >= 4 is 9.84 Å². The molecule has 1 aromatic heterocycles. The van der Waals surface area contributed by atoms with Crippen molar-refractivity contribution in [2.75, 3.05) is 6.61 Å². The number of ether oxygens (including phenoxy) is 1. The fourth-order valence-electron chi connectivity index (χ4n) is 4.38. The van der Waals surface area contributed by atoms with Gasteiger partial charge in [0.25, 0.3) is 0 Å². The molecule has 2 aromatic rings. The highest BCUT2D eigenvalue weighted by Gasteiger charge is 2.53. The molecule has 1 saturated heterocycles. The van der Waals surface area contributed by atoms with Crippen LogP contribution in [0, 0.1) is 13.8 Å². The molecular formula is C20H26N2O4S. The minimum atomic E-state index is -3.66. The van der Waals surface area contributed by atoms with Crippen LogP contribution in [-0.2, 0) is 19.3 Å². The van der Waals surface area contributed by atoms with Gasteiger partial charge >= 0.3 is 0 Å². The Morgan fingerprint density at radius 1 is 1.15 bits per heavy atom. The molecule has 27 heavy (non-hydrogen) atoms. The van der Waals surface area contributed by atoms with E-state index < -0.39 is 14.6 Å². The van der Waals surface area contributed by atoms with Crippen molar-refractivity contribution in [3.05, 3.63) is 41.1 Å². The molecule has 2 unspecified atom stereocenters. The Kier molecular flexibility index (Phi) is 4.63. The molecule has 1 aromatic carbocycles. The average Bonchev–Trinajstić information content (AvgIpc) is 3.36. The predicted octanol–water partition coefficient (Wildman–Crippen LogP) is 3.82. The van der Waals surface area contributed by atoms with Crippen LogP contribution in [0.3, 0.4) is 0 Å². The molecule has 7 heteroatoms. The lowest BCUT2D eigenvalue weighted by atomic mass is 10.0. The van der Waals surface area contributed by atoms with E-state index in [0.717, 1.165) is 30.4 Å². The second-order valence-corrected chi connectivity index (χ2v) is 10.1. The van der Waals surface area contributed by atoms with E-state index in [0.29, 0.717) is 30.2 Å². The Hall–Kier alpha value is -1.73. The van der Waals surface area contributed by atoms with E-state index in [-0.39, 0.29) is 17.9 Å². The molecule has 1 aliphatic carbocycles. The summed E-state index contributed by atoms with van der Waals surface area (Å²) in [6.45, 7) is 6.40. The van der Waals surface area contributed by atoms with Gasteiger partial charge in [-0.3, -0.25) is 0 Å². The number of aryl methyl sites for hydroxylation is 2. The first kappa shape index (κ1) is 18.6. The molecular weight excluding hydrogens is 364 g/mol. The van der Waals surface area contributed by atoms with E-state index in [1.165, 1.54) is 0 Å². The summed E-state index contributed by atoms with van der Waals surface area (Å²) in [4.78, 5) is 0.377. The van der Waals surface area contributed by atoms with Crippen molar-refractivity contribution < 1.29 is 17.6 Å². The molecule has 0 radical (unpaired) electrons. The molecule has 0 spiro atoms. The van der Waals surface area contributed by atoms with Gasteiger partial charge < -0.3 is 9.15 Å². The molecule has 0 amide bonds. The van der Waals surface area contributed by atoms with Crippen LogP contribution in [0.2, 0.25) is 0 Å². The molecule has 4 rings (SSSR count). The maximum absolute atomic E-state index is 13.8.